The van der Waals surface area contributed by atoms with E-state index in [1.165, 1.54) is 32.1 Å². The van der Waals surface area contributed by atoms with Crippen molar-refractivity contribution < 1.29 is 0 Å². The average molecular weight is 212 g/mol. The SMILES string of the molecule is CC(C)c1cccc2c1CC1=C2CCCC1. The highest BCUT2D eigenvalue weighted by molar-refractivity contribution is 5.78. The molecule has 0 amide bonds. The van der Waals surface area contributed by atoms with Gasteiger partial charge in [0.15, 0.2) is 0 Å². The molecule has 84 valence electrons. The second-order valence-corrected chi connectivity index (χ2v) is 5.49. The predicted molar refractivity (Wildman–Crippen MR) is 69.6 cm³/mol. The summed E-state index contributed by atoms with van der Waals surface area (Å²) >= 11 is 0. The molecule has 0 saturated heterocycles. The highest BCUT2D eigenvalue weighted by Gasteiger charge is 2.25. The lowest BCUT2D eigenvalue weighted by Gasteiger charge is -2.14. The maximum Gasteiger partial charge on any atom is -0.00522 e. The molecule has 0 saturated carbocycles. The third-order valence-electron chi connectivity index (χ3n) is 4.13. The summed E-state index contributed by atoms with van der Waals surface area (Å²) in [6.07, 6.45) is 6.72. The predicted octanol–water partition coefficient (Wildman–Crippen LogP) is 4.69. The second kappa shape index (κ2) is 3.76. The zero-order valence-electron chi connectivity index (χ0n) is 10.3. The normalized spacial score (nSPS) is 18.9. The number of allylic oxidation sites excluding steroid dienone is 2. The van der Waals surface area contributed by atoms with Crippen LogP contribution in [-0.4, -0.2) is 0 Å². The minimum Gasteiger partial charge on any atom is -0.0620 e. The summed E-state index contributed by atoms with van der Waals surface area (Å²) < 4.78 is 0. The van der Waals surface area contributed by atoms with Crippen LogP contribution in [0.1, 0.15) is 62.1 Å². The molecule has 0 spiro atoms. The topological polar surface area (TPSA) is 0 Å². The Bertz CT molecular complexity index is 449. The van der Waals surface area contributed by atoms with Crippen LogP contribution in [0.2, 0.25) is 0 Å². The summed E-state index contributed by atoms with van der Waals surface area (Å²) in [5.41, 5.74) is 8.25. The Balaban J connectivity index is 2.10. The molecule has 16 heavy (non-hydrogen) atoms. The molecule has 2 aliphatic rings. The van der Waals surface area contributed by atoms with Crippen LogP contribution in [0.4, 0.5) is 0 Å². The molecule has 1 aromatic carbocycles. The van der Waals surface area contributed by atoms with Crippen molar-refractivity contribution in [1.29, 1.82) is 0 Å². The molecule has 0 bridgehead atoms. The molecule has 3 rings (SSSR count). The number of hydrogen-bond donors (Lipinski definition) is 0. The number of benzene rings is 1. The van der Waals surface area contributed by atoms with Gasteiger partial charge in [-0.15, -0.1) is 0 Å². The van der Waals surface area contributed by atoms with Gasteiger partial charge in [0.1, 0.15) is 0 Å². The van der Waals surface area contributed by atoms with Crippen molar-refractivity contribution in [1.82, 2.24) is 0 Å². The lowest BCUT2D eigenvalue weighted by molar-refractivity contribution is 0.710. The highest BCUT2D eigenvalue weighted by Crippen LogP contribution is 2.43. The summed E-state index contributed by atoms with van der Waals surface area (Å²) in [6.45, 7) is 4.62. The molecule has 0 nitrogen and oxygen atoms in total. The molecule has 2 aliphatic carbocycles. The average Bonchev–Trinajstić information content (AvgIpc) is 2.67. The van der Waals surface area contributed by atoms with E-state index >= 15 is 0 Å². The van der Waals surface area contributed by atoms with E-state index in [9.17, 15) is 0 Å². The molecule has 0 unspecified atom stereocenters. The van der Waals surface area contributed by atoms with Gasteiger partial charge < -0.3 is 0 Å². The van der Waals surface area contributed by atoms with E-state index < -0.39 is 0 Å². The van der Waals surface area contributed by atoms with E-state index in [1.807, 2.05) is 0 Å². The van der Waals surface area contributed by atoms with Crippen LogP contribution in [0.3, 0.4) is 0 Å². The molecule has 0 heteroatoms. The van der Waals surface area contributed by atoms with Crippen molar-refractivity contribution >= 4 is 5.57 Å². The van der Waals surface area contributed by atoms with Gasteiger partial charge in [0, 0.05) is 0 Å². The molecule has 0 aromatic heterocycles. The summed E-state index contributed by atoms with van der Waals surface area (Å²) in [4.78, 5) is 0. The van der Waals surface area contributed by atoms with Crippen molar-refractivity contribution in [3.8, 4) is 0 Å². The zero-order chi connectivity index (χ0) is 11.1. The summed E-state index contributed by atoms with van der Waals surface area (Å²) in [5.74, 6) is 0.663. The third kappa shape index (κ3) is 1.43. The van der Waals surface area contributed by atoms with Crippen LogP contribution in [0.5, 0.6) is 0 Å². The Morgan fingerprint density at radius 3 is 2.69 bits per heavy atom. The minimum atomic E-state index is 0.663. The van der Waals surface area contributed by atoms with E-state index in [0.717, 1.165) is 0 Å². The standard InChI is InChI=1S/C16H20/c1-11(2)13-8-5-9-15-14-7-4-3-6-12(14)10-16(13)15/h5,8-9,11H,3-4,6-7,10H2,1-2H3. The Kier molecular flexibility index (Phi) is 2.38. The minimum absolute atomic E-state index is 0.663. The van der Waals surface area contributed by atoms with Gasteiger partial charge >= 0.3 is 0 Å². The first-order valence-electron chi connectivity index (χ1n) is 6.60. The van der Waals surface area contributed by atoms with Gasteiger partial charge in [-0.2, -0.15) is 0 Å². The number of rotatable bonds is 1. The van der Waals surface area contributed by atoms with Crippen LogP contribution in [0.25, 0.3) is 5.57 Å². The van der Waals surface area contributed by atoms with Gasteiger partial charge in [-0.3, -0.25) is 0 Å². The zero-order valence-corrected chi connectivity index (χ0v) is 10.3. The van der Waals surface area contributed by atoms with Crippen LogP contribution >= 0.6 is 0 Å². The molecular formula is C16H20. The van der Waals surface area contributed by atoms with Gasteiger partial charge in [-0.25, -0.2) is 0 Å². The molecule has 0 heterocycles. The van der Waals surface area contributed by atoms with Crippen molar-refractivity contribution in [2.75, 3.05) is 0 Å². The first kappa shape index (κ1) is 10.1. The largest absolute Gasteiger partial charge is 0.0620 e. The van der Waals surface area contributed by atoms with Crippen LogP contribution in [-0.2, 0) is 6.42 Å². The molecule has 0 fully saturated rings. The van der Waals surface area contributed by atoms with Crippen LogP contribution in [0.15, 0.2) is 23.8 Å². The summed E-state index contributed by atoms with van der Waals surface area (Å²) in [6, 6.07) is 6.91. The van der Waals surface area contributed by atoms with E-state index in [4.69, 9.17) is 0 Å². The Morgan fingerprint density at radius 2 is 1.88 bits per heavy atom. The molecule has 0 aliphatic heterocycles. The summed E-state index contributed by atoms with van der Waals surface area (Å²) in [7, 11) is 0. The Morgan fingerprint density at radius 1 is 1.06 bits per heavy atom. The fraction of sp³-hybridized carbons (Fsp3) is 0.500. The van der Waals surface area contributed by atoms with Crippen molar-refractivity contribution in [2.45, 2.75) is 51.9 Å². The summed E-state index contributed by atoms with van der Waals surface area (Å²) in [5, 5.41) is 0. The molecule has 0 radical (unpaired) electrons. The lowest BCUT2D eigenvalue weighted by atomic mass is 9.91. The number of fused-ring (bicyclic) bond motifs is 2. The first-order chi connectivity index (χ1) is 7.77. The van der Waals surface area contributed by atoms with Crippen LogP contribution in [0, 0.1) is 0 Å². The third-order valence-corrected chi connectivity index (χ3v) is 4.13. The van der Waals surface area contributed by atoms with Crippen molar-refractivity contribution in [2.24, 2.45) is 0 Å². The van der Waals surface area contributed by atoms with E-state index in [1.54, 1.807) is 27.8 Å². The van der Waals surface area contributed by atoms with E-state index in [0.29, 0.717) is 5.92 Å². The van der Waals surface area contributed by atoms with Crippen molar-refractivity contribution in [3.05, 3.63) is 40.5 Å². The van der Waals surface area contributed by atoms with Gasteiger partial charge in [-0.05, 0) is 60.3 Å². The van der Waals surface area contributed by atoms with Gasteiger partial charge in [0.05, 0.1) is 0 Å². The van der Waals surface area contributed by atoms with Crippen molar-refractivity contribution in [3.63, 3.8) is 0 Å². The van der Waals surface area contributed by atoms with Gasteiger partial charge in [0.25, 0.3) is 0 Å². The first-order valence-corrected chi connectivity index (χ1v) is 6.60. The van der Waals surface area contributed by atoms with Gasteiger partial charge in [-0.1, -0.05) is 37.6 Å². The number of hydrogen-bond acceptors (Lipinski definition) is 0. The molecule has 1 aromatic rings. The molecule has 0 N–H and O–H groups in total. The quantitative estimate of drug-likeness (QED) is 0.633. The van der Waals surface area contributed by atoms with Gasteiger partial charge in [0.2, 0.25) is 0 Å². The molecular weight excluding hydrogens is 192 g/mol. The molecule has 0 atom stereocenters. The second-order valence-electron chi connectivity index (χ2n) is 5.49. The maximum absolute atomic E-state index is 2.34. The van der Waals surface area contributed by atoms with E-state index in [2.05, 4.69) is 32.0 Å². The lowest BCUT2D eigenvalue weighted by Crippen LogP contribution is -1.96. The Labute approximate surface area is 98.4 Å². The fourth-order valence-electron chi connectivity index (χ4n) is 3.33. The Hall–Kier alpha value is -1.04. The monoisotopic (exact) mass is 212 g/mol. The highest BCUT2D eigenvalue weighted by atomic mass is 14.3. The fourth-order valence-corrected chi connectivity index (χ4v) is 3.33. The van der Waals surface area contributed by atoms with E-state index in [-0.39, 0.29) is 0 Å². The smallest absolute Gasteiger partial charge is 0.00522 e. The maximum atomic E-state index is 2.34. The van der Waals surface area contributed by atoms with Crippen LogP contribution < -0.4 is 0 Å².